The van der Waals surface area contributed by atoms with E-state index in [1.807, 2.05) is 67.6 Å². The van der Waals surface area contributed by atoms with Crippen LogP contribution < -0.4 is 15.5 Å². The van der Waals surface area contributed by atoms with Gasteiger partial charge in [0.1, 0.15) is 5.82 Å². The first kappa shape index (κ1) is 19.9. The molecule has 1 aromatic heterocycles. The average Bonchev–Trinajstić information content (AvgIpc) is 3.29. The van der Waals surface area contributed by atoms with Gasteiger partial charge in [-0.1, -0.05) is 30.3 Å². The Balaban J connectivity index is 1.34. The average molecular weight is 402 g/mol. The normalized spacial score (nSPS) is 13.3. The number of aryl methyl sites for hydroxylation is 2. The molecule has 1 amide bonds. The minimum atomic E-state index is 0.0110. The SMILES string of the molecule is Cc1cc(N2CCCC2)nc(Nc2ccc(NC(=O)CCc3ccccc3)cc2)n1. The van der Waals surface area contributed by atoms with Gasteiger partial charge in [-0.15, -0.1) is 0 Å². The van der Waals surface area contributed by atoms with Crippen LogP contribution in [0, 0.1) is 6.92 Å². The molecule has 154 valence electrons. The van der Waals surface area contributed by atoms with Crippen LogP contribution in [0.15, 0.2) is 60.7 Å². The largest absolute Gasteiger partial charge is 0.356 e. The monoisotopic (exact) mass is 401 g/mol. The van der Waals surface area contributed by atoms with Crippen LogP contribution >= 0.6 is 0 Å². The highest BCUT2D eigenvalue weighted by Crippen LogP contribution is 2.22. The third-order valence-corrected chi connectivity index (χ3v) is 5.18. The first-order chi connectivity index (χ1) is 14.7. The lowest BCUT2D eigenvalue weighted by Gasteiger charge is -2.17. The van der Waals surface area contributed by atoms with Crippen LogP contribution in [-0.4, -0.2) is 29.0 Å². The molecule has 1 fully saturated rings. The summed E-state index contributed by atoms with van der Waals surface area (Å²) < 4.78 is 0. The summed E-state index contributed by atoms with van der Waals surface area (Å²) in [5.74, 6) is 1.58. The second kappa shape index (κ2) is 9.39. The number of hydrogen-bond donors (Lipinski definition) is 2. The van der Waals surface area contributed by atoms with Crippen LogP contribution in [0.4, 0.5) is 23.1 Å². The zero-order chi connectivity index (χ0) is 20.8. The van der Waals surface area contributed by atoms with Crippen LogP contribution in [0.5, 0.6) is 0 Å². The molecule has 4 rings (SSSR count). The number of carbonyl (C=O) groups excluding carboxylic acids is 1. The van der Waals surface area contributed by atoms with Gasteiger partial charge in [0.2, 0.25) is 11.9 Å². The van der Waals surface area contributed by atoms with Crippen molar-refractivity contribution in [2.45, 2.75) is 32.6 Å². The zero-order valence-corrected chi connectivity index (χ0v) is 17.3. The van der Waals surface area contributed by atoms with Gasteiger partial charge < -0.3 is 15.5 Å². The fourth-order valence-corrected chi connectivity index (χ4v) is 3.61. The molecule has 0 bridgehead atoms. The van der Waals surface area contributed by atoms with Crippen LogP contribution in [0.3, 0.4) is 0 Å². The maximum Gasteiger partial charge on any atom is 0.229 e. The second-order valence-corrected chi connectivity index (χ2v) is 7.62. The van der Waals surface area contributed by atoms with E-state index in [4.69, 9.17) is 0 Å². The lowest BCUT2D eigenvalue weighted by Crippen LogP contribution is -2.19. The summed E-state index contributed by atoms with van der Waals surface area (Å²) in [6, 6.07) is 19.7. The molecule has 0 aliphatic carbocycles. The third kappa shape index (κ3) is 5.35. The van der Waals surface area contributed by atoms with E-state index < -0.39 is 0 Å². The molecule has 2 heterocycles. The molecular formula is C24H27N5O. The van der Waals surface area contributed by atoms with Gasteiger partial charge >= 0.3 is 0 Å². The number of nitrogens with one attached hydrogen (secondary N) is 2. The van der Waals surface area contributed by atoms with Gasteiger partial charge in [0, 0.05) is 42.6 Å². The topological polar surface area (TPSA) is 70.2 Å². The van der Waals surface area contributed by atoms with E-state index in [2.05, 4.69) is 25.5 Å². The number of benzene rings is 2. The molecular weight excluding hydrogens is 374 g/mol. The predicted octanol–water partition coefficient (Wildman–Crippen LogP) is 4.70. The molecule has 2 N–H and O–H groups in total. The number of anilines is 4. The summed E-state index contributed by atoms with van der Waals surface area (Å²) in [5, 5.41) is 6.23. The fraction of sp³-hybridized carbons (Fsp3) is 0.292. The van der Waals surface area contributed by atoms with Crippen LogP contribution in [0.1, 0.15) is 30.5 Å². The Kier molecular flexibility index (Phi) is 6.23. The maximum absolute atomic E-state index is 12.2. The summed E-state index contributed by atoms with van der Waals surface area (Å²) in [6.07, 6.45) is 3.62. The summed E-state index contributed by atoms with van der Waals surface area (Å²) in [6.45, 7) is 4.09. The predicted molar refractivity (Wildman–Crippen MR) is 121 cm³/mol. The Morgan fingerprint density at radius 1 is 0.967 bits per heavy atom. The van der Waals surface area contributed by atoms with Crippen molar-refractivity contribution in [3.8, 4) is 0 Å². The van der Waals surface area contributed by atoms with E-state index in [1.165, 1.54) is 18.4 Å². The molecule has 0 spiro atoms. The standard InChI is InChI=1S/C24H27N5O/c1-18-17-22(29-15-5-6-16-29)28-24(25-18)27-21-12-10-20(11-13-21)26-23(30)14-9-19-7-3-2-4-8-19/h2-4,7-8,10-13,17H,5-6,9,14-16H2,1H3,(H,26,30)(H,25,27,28). The highest BCUT2D eigenvalue weighted by molar-refractivity contribution is 5.91. The van der Waals surface area contributed by atoms with Gasteiger partial charge in [0.15, 0.2) is 0 Å². The molecule has 0 saturated carbocycles. The zero-order valence-electron chi connectivity index (χ0n) is 17.3. The summed E-state index contributed by atoms with van der Waals surface area (Å²) in [7, 11) is 0. The van der Waals surface area contributed by atoms with Gasteiger partial charge in [-0.3, -0.25) is 4.79 Å². The molecule has 0 unspecified atom stereocenters. The van der Waals surface area contributed by atoms with E-state index in [0.29, 0.717) is 12.4 Å². The Hall–Kier alpha value is -3.41. The summed E-state index contributed by atoms with van der Waals surface area (Å²) in [5.41, 5.74) is 3.77. The van der Waals surface area contributed by atoms with Crippen LogP contribution in [0.25, 0.3) is 0 Å². The molecule has 2 aromatic carbocycles. The number of aromatic nitrogens is 2. The van der Waals surface area contributed by atoms with E-state index in [9.17, 15) is 4.79 Å². The molecule has 1 aliphatic heterocycles. The molecule has 6 nitrogen and oxygen atoms in total. The molecule has 1 aliphatic rings. The van der Waals surface area contributed by atoms with Crippen molar-refractivity contribution in [1.29, 1.82) is 0 Å². The van der Waals surface area contributed by atoms with Gasteiger partial charge in [-0.2, -0.15) is 4.98 Å². The fourth-order valence-electron chi connectivity index (χ4n) is 3.61. The Labute approximate surface area is 177 Å². The van der Waals surface area contributed by atoms with Crippen LogP contribution in [0.2, 0.25) is 0 Å². The van der Waals surface area contributed by atoms with Gasteiger partial charge in [-0.05, 0) is 56.0 Å². The van der Waals surface area contributed by atoms with Crippen molar-refractivity contribution < 1.29 is 4.79 Å². The van der Waals surface area contributed by atoms with Gasteiger partial charge in [-0.25, -0.2) is 4.98 Å². The van der Waals surface area contributed by atoms with E-state index in [0.717, 1.165) is 42.4 Å². The molecule has 0 atom stereocenters. The molecule has 0 radical (unpaired) electrons. The Morgan fingerprint density at radius 3 is 2.40 bits per heavy atom. The Bertz CT molecular complexity index is 982. The molecule has 3 aromatic rings. The van der Waals surface area contributed by atoms with Crippen molar-refractivity contribution in [1.82, 2.24) is 9.97 Å². The maximum atomic E-state index is 12.2. The number of rotatable bonds is 7. The lowest BCUT2D eigenvalue weighted by atomic mass is 10.1. The molecule has 6 heteroatoms. The number of carbonyl (C=O) groups is 1. The van der Waals surface area contributed by atoms with Crippen molar-refractivity contribution in [2.75, 3.05) is 28.6 Å². The van der Waals surface area contributed by atoms with E-state index in [1.54, 1.807) is 0 Å². The highest BCUT2D eigenvalue weighted by Gasteiger charge is 2.15. The second-order valence-electron chi connectivity index (χ2n) is 7.62. The smallest absolute Gasteiger partial charge is 0.229 e. The molecule has 30 heavy (non-hydrogen) atoms. The molecule has 1 saturated heterocycles. The van der Waals surface area contributed by atoms with Crippen molar-refractivity contribution in [3.05, 3.63) is 71.9 Å². The van der Waals surface area contributed by atoms with Crippen molar-refractivity contribution in [3.63, 3.8) is 0 Å². The lowest BCUT2D eigenvalue weighted by molar-refractivity contribution is -0.116. The van der Waals surface area contributed by atoms with Crippen molar-refractivity contribution >= 4 is 29.0 Å². The van der Waals surface area contributed by atoms with E-state index >= 15 is 0 Å². The van der Waals surface area contributed by atoms with Crippen molar-refractivity contribution in [2.24, 2.45) is 0 Å². The summed E-state index contributed by atoms with van der Waals surface area (Å²) >= 11 is 0. The number of amides is 1. The van der Waals surface area contributed by atoms with Gasteiger partial charge in [0.25, 0.3) is 0 Å². The minimum Gasteiger partial charge on any atom is -0.356 e. The first-order valence-corrected chi connectivity index (χ1v) is 10.5. The minimum absolute atomic E-state index is 0.0110. The van der Waals surface area contributed by atoms with Gasteiger partial charge in [0.05, 0.1) is 0 Å². The highest BCUT2D eigenvalue weighted by atomic mass is 16.1. The Morgan fingerprint density at radius 2 is 1.67 bits per heavy atom. The first-order valence-electron chi connectivity index (χ1n) is 10.5. The summed E-state index contributed by atoms with van der Waals surface area (Å²) in [4.78, 5) is 23.7. The number of nitrogens with zero attached hydrogens (tertiary/aromatic N) is 3. The van der Waals surface area contributed by atoms with Crippen LogP contribution in [-0.2, 0) is 11.2 Å². The quantitative estimate of drug-likeness (QED) is 0.600. The third-order valence-electron chi connectivity index (χ3n) is 5.18. The number of hydrogen-bond acceptors (Lipinski definition) is 5. The van der Waals surface area contributed by atoms with E-state index in [-0.39, 0.29) is 5.91 Å².